The number of carbonyl (C=O) groups excluding carboxylic acids is 1. The number of aromatic nitrogens is 4. The molecule has 2 N–H and O–H groups in total. The second kappa shape index (κ2) is 6.91. The van der Waals surface area contributed by atoms with E-state index in [-0.39, 0.29) is 23.3 Å². The average Bonchev–Trinajstić information content (AvgIpc) is 3.36. The van der Waals surface area contributed by atoms with Crippen molar-refractivity contribution < 1.29 is 14.7 Å². The highest BCUT2D eigenvalue weighted by Gasteiger charge is 2.38. The Morgan fingerprint density at radius 1 is 1.31 bits per heavy atom. The molecule has 2 aliphatic rings. The number of nitrogens with one attached hydrogen (secondary N) is 1. The van der Waals surface area contributed by atoms with Gasteiger partial charge in [-0.15, -0.1) is 5.10 Å². The summed E-state index contributed by atoms with van der Waals surface area (Å²) in [4.78, 5) is 23.2. The number of carbonyl (C=O) groups is 2. The topological polar surface area (TPSA) is 110 Å². The number of carboxylic acids is 1. The fourth-order valence-corrected chi connectivity index (χ4v) is 4.31. The molecule has 1 aromatic heterocycles. The van der Waals surface area contributed by atoms with Gasteiger partial charge in [-0.05, 0) is 53.3 Å². The maximum atomic E-state index is 12.2. The molecule has 0 unspecified atom stereocenters. The molecular weight excluding hydrogens is 354 g/mol. The van der Waals surface area contributed by atoms with Crippen LogP contribution in [0.2, 0.25) is 0 Å². The van der Waals surface area contributed by atoms with Gasteiger partial charge in [0.05, 0.1) is 17.4 Å². The first kappa shape index (κ1) is 16.8. The summed E-state index contributed by atoms with van der Waals surface area (Å²) in [5, 5.41) is 24.3. The van der Waals surface area contributed by atoms with Gasteiger partial charge in [-0.2, -0.15) is 0 Å². The van der Waals surface area contributed by atoms with E-state index in [0.29, 0.717) is 22.7 Å². The summed E-state index contributed by atoms with van der Waals surface area (Å²) in [6.45, 7) is 0. The van der Waals surface area contributed by atoms with Crippen molar-refractivity contribution in [1.82, 2.24) is 20.2 Å². The van der Waals surface area contributed by atoms with Crippen LogP contribution in [0.1, 0.15) is 29.2 Å². The number of carboxylic acid groups (broad SMARTS) is 1. The van der Waals surface area contributed by atoms with Crippen LogP contribution in [-0.4, -0.2) is 42.9 Å². The number of aromatic carboxylic acids is 1. The van der Waals surface area contributed by atoms with Crippen LogP contribution < -0.4 is 5.32 Å². The lowest BCUT2D eigenvalue weighted by Gasteiger charge is -2.18. The highest BCUT2D eigenvalue weighted by atomic mass is 32.2. The Labute approximate surface area is 153 Å². The van der Waals surface area contributed by atoms with E-state index in [4.69, 9.17) is 5.11 Å². The fraction of sp³-hybridized carbons (Fsp3) is 0.353. The van der Waals surface area contributed by atoms with E-state index in [1.807, 2.05) is 4.68 Å². The molecule has 1 saturated carbocycles. The van der Waals surface area contributed by atoms with E-state index in [0.717, 1.165) is 12.8 Å². The summed E-state index contributed by atoms with van der Waals surface area (Å²) in [5.74, 6) is -0.0456. The van der Waals surface area contributed by atoms with Gasteiger partial charge in [0, 0.05) is 5.69 Å². The van der Waals surface area contributed by atoms with Crippen molar-refractivity contribution in [1.29, 1.82) is 0 Å². The van der Waals surface area contributed by atoms with Gasteiger partial charge in [-0.3, -0.25) is 4.79 Å². The number of nitrogens with zero attached hydrogens (tertiary/aromatic N) is 4. The van der Waals surface area contributed by atoms with Gasteiger partial charge in [0.15, 0.2) is 0 Å². The zero-order valence-electron chi connectivity index (χ0n) is 13.8. The number of benzene rings is 1. The lowest BCUT2D eigenvalue weighted by atomic mass is 10.0. The van der Waals surface area contributed by atoms with Gasteiger partial charge in [0.2, 0.25) is 11.1 Å². The summed E-state index contributed by atoms with van der Waals surface area (Å²) in [6.07, 6.45) is 6.68. The number of allylic oxidation sites excluding steroid dienone is 2. The molecule has 0 spiro atoms. The Kier molecular flexibility index (Phi) is 4.46. The Morgan fingerprint density at radius 3 is 2.92 bits per heavy atom. The molecule has 8 nitrogen and oxygen atoms in total. The SMILES string of the molecule is O=C(CSc1nnnn1[C@@H]1C[C@H]2C=C[C@@H]1C2)Nc1cccc(C(=O)O)c1. The number of tetrazole rings is 1. The Hall–Kier alpha value is -2.68. The van der Waals surface area contributed by atoms with Crippen LogP contribution in [0.25, 0.3) is 0 Å². The van der Waals surface area contributed by atoms with Crippen molar-refractivity contribution in [3.63, 3.8) is 0 Å². The predicted molar refractivity (Wildman–Crippen MR) is 95.0 cm³/mol. The molecule has 4 rings (SSSR count). The third kappa shape index (κ3) is 3.34. The summed E-state index contributed by atoms with van der Waals surface area (Å²) in [6, 6.07) is 6.41. The van der Waals surface area contributed by atoms with Crippen LogP contribution in [0, 0.1) is 11.8 Å². The van der Waals surface area contributed by atoms with Crippen LogP contribution in [0.4, 0.5) is 5.69 Å². The van der Waals surface area contributed by atoms with Gasteiger partial charge in [-0.1, -0.05) is 30.0 Å². The molecule has 2 aromatic rings. The number of thioether (sulfide) groups is 1. The highest BCUT2D eigenvalue weighted by Crippen LogP contribution is 2.46. The minimum Gasteiger partial charge on any atom is -0.478 e. The Bertz CT molecular complexity index is 881. The molecule has 0 aliphatic heterocycles. The molecule has 2 bridgehead atoms. The van der Waals surface area contributed by atoms with Gasteiger partial charge in [0.25, 0.3) is 0 Å². The molecule has 1 heterocycles. The van der Waals surface area contributed by atoms with Crippen molar-refractivity contribution in [2.45, 2.75) is 24.0 Å². The normalized spacial score (nSPS) is 23.3. The van der Waals surface area contributed by atoms with Gasteiger partial charge in [0.1, 0.15) is 0 Å². The van der Waals surface area contributed by atoms with Crippen LogP contribution >= 0.6 is 11.8 Å². The van der Waals surface area contributed by atoms with Crippen LogP contribution in [-0.2, 0) is 4.79 Å². The maximum absolute atomic E-state index is 12.2. The van der Waals surface area contributed by atoms with Gasteiger partial charge in [-0.25, -0.2) is 9.48 Å². The first-order valence-corrected chi connectivity index (χ1v) is 9.31. The Balaban J connectivity index is 1.37. The molecule has 3 atom stereocenters. The average molecular weight is 371 g/mol. The fourth-order valence-electron chi connectivity index (χ4n) is 3.58. The second-order valence-corrected chi connectivity index (χ2v) is 7.42. The first-order valence-electron chi connectivity index (χ1n) is 8.32. The third-order valence-electron chi connectivity index (χ3n) is 4.75. The number of amides is 1. The zero-order valence-corrected chi connectivity index (χ0v) is 14.6. The summed E-state index contributed by atoms with van der Waals surface area (Å²) in [5.41, 5.74) is 0.581. The molecule has 1 amide bonds. The monoisotopic (exact) mass is 371 g/mol. The highest BCUT2D eigenvalue weighted by molar-refractivity contribution is 7.99. The van der Waals surface area contributed by atoms with E-state index in [2.05, 4.69) is 33.0 Å². The molecule has 0 saturated heterocycles. The molecule has 1 aromatic carbocycles. The van der Waals surface area contributed by atoms with E-state index in [1.165, 1.54) is 23.9 Å². The van der Waals surface area contributed by atoms with Gasteiger partial charge >= 0.3 is 5.97 Å². The minimum atomic E-state index is -1.03. The van der Waals surface area contributed by atoms with E-state index < -0.39 is 5.97 Å². The van der Waals surface area contributed by atoms with Gasteiger partial charge < -0.3 is 10.4 Å². The standard InChI is InChI=1S/C17H17N5O3S/c23-15(18-13-3-1-2-12(8-13)16(24)25)9-26-17-19-20-21-22(17)14-7-10-4-5-11(14)6-10/h1-5,8,10-11,14H,6-7,9H2,(H,18,23)(H,24,25)/t10-,11+,14+/m0/s1. The summed E-state index contributed by atoms with van der Waals surface area (Å²) in [7, 11) is 0. The van der Waals surface area contributed by atoms with E-state index in [9.17, 15) is 9.59 Å². The maximum Gasteiger partial charge on any atom is 0.335 e. The molecule has 9 heteroatoms. The van der Waals surface area contributed by atoms with Crippen molar-refractivity contribution >= 4 is 29.3 Å². The summed E-state index contributed by atoms with van der Waals surface area (Å²) >= 11 is 1.28. The van der Waals surface area contributed by atoms with Crippen LogP contribution in [0.15, 0.2) is 41.6 Å². The predicted octanol–water partition coefficient (Wildman–Crippen LogP) is 2.24. The lowest BCUT2D eigenvalue weighted by Crippen LogP contribution is -2.18. The smallest absolute Gasteiger partial charge is 0.335 e. The summed E-state index contributed by atoms with van der Waals surface area (Å²) < 4.78 is 1.83. The minimum absolute atomic E-state index is 0.128. The molecule has 26 heavy (non-hydrogen) atoms. The molecule has 0 radical (unpaired) electrons. The largest absolute Gasteiger partial charge is 0.478 e. The quantitative estimate of drug-likeness (QED) is 0.592. The van der Waals surface area contributed by atoms with Crippen molar-refractivity contribution in [3.05, 3.63) is 42.0 Å². The van der Waals surface area contributed by atoms with Crippen LogP contribution in [0.3, 0.4) is 0 Å². The molecule has 1 fully saturated rings. The number of rotatable bonds is 6. The van der Waals surface area contributed by atoms with Crippen molar-refractivity contribution in [2.24, 2.45) is 11.8 Å². The number of hydrogen-bond acceptors (Lipinski definition) is 6. The molecular formula is C17H17N5O3S. The molecule has 134 valence electrons. The number of anilines is 1. The number of hydrogen-bond donors (Lipinski definition) is 2. The molecule has 2 aliphatic carbocycles. The lowest BCUT2D eigenvalue weighted by molar-refractivity contribution is -0.113. The second-order valence-electron chi connectivity index (χ2n) is 6.48. The van der Waals surface area contributed by atoms with Crippen molar-refractivity contribution in [2.75, 3.05) is 11.1 Å². The number of fused-ring (bicyclic) bond motifs is 2. The Morgan fingerprint density at radius 2 is 2.19 bits per heavy atom. The van der Waals surface area contributed by atoms with Crippen molar-refractivity contribution in [3.8, 4) is 0 Å². The van der Waals surface area contributed by atoms with Crippen LogP contribution in [0.5, 0.6) is 0 Å². The van der Waals surface area contributed by atoms with E-state index >= 15 is 0 Å². The van der Waals surface area contributed by atoms with E-state index in [1.54, 1.807) is 12.1 Å². The first-order chi connectivity index (χ1) is 12.6. The zero-order chi connectivity index (χ0) is 18.1. The third-order valence-corrected chi connectivity index (χ3v) is 5.68.